The van der Waals surface area contributed by atoms with Crippen molar-refractivity contribution in [3.05, 3.63) is 16.1 Å². The van der Waals surface area contributed by atoms with Crippen molar-refractivity contribution >= 4 is 17.2 Å². The summed E-state index contributed by atoms with van der Waals surface area (Å²) < 4.78 is 4.78. The number of ether oxygens (including phenoxy) is 1. The smallest absolute Gasteiger partial charge is 0.263 e. The summed E-state index contributed by atoms with van der Waals surface area (Å²) in [5.74, 6) is -0.210. The van der Waals surface area contributed by atoms with Crippen LogP contribution in [0.15, 0.2) is 6.20 Å². The van der Waals surface area contributed by atoms with Crippen molar-refractivity contribution < 1.29 is 14.6 Å². The molecule has 5 nitrogen and oxygen atoms in total. The van der Waals surface area contributed by atoms with E-state index in [1.807, 2.05) is 0 Å². The van der Waals surface area contributed by atoms with Crippen LogP contribution in [-0.4, -0.2) is 42.4 Å². The lowest BCUT2D eigenvalue weighted by molar-refractivity contribution is 0.0610. The van der Waals surface area contributed by atoms with Gasteiger partial charge in [-0.3, -0.25) is 4.79 Å². The van der Waals surface area contributed by atoms with Gasteiger partial charge < -0.3 is 15.2 Å². The number of amides is 1. The fraction of sp³-hybridized carbons (Fsp3) is 0.667. The van der Waals surface area contributed by atoms with Crippen molar-refractivity contribution in [1.29, 1.82) is 0 Å². The number of aromatic nitrogens is 1. The number of aliphatic hydroxyl groups excluding tert-OH is 1. The molecular formula is C12H20N2O3S. The molecule has 0 aliphatic rings. The van der Waals surface area contributed by atoms with E-state index in [0.29, 0.717) is 4.88 Å². The standard InChI is InChI=1S/C12H20N2O3S/c1-12(2,3)11-14-6-9(18-11)10(16)13-5-8(15)7-17-4/h6,8,15H,5,7H2,1-4H3,(H,13,16). The van der Waals surface area contributed by atoms with Gasteiger partial charge >= 0.3 is 0 Å². The second-order valence-corrected chi connectivity index (χ2v) is 6.13. The fourth-order valence-corrected chi connectivity index (χ4v) is 2.16. The normalized spacial score (nSPS) is 13.4. The molecule has 1 amide bonds. The summed E-state index contributed by atoms with van der Waals surface area (Å²) in [5, 5.41) is 13.0. The van der Waals surface area contributed by atoms with E-state index in [2.05, 4.69) is 31.1 Å². The topological polar surface area (TPSA) is 71.5 Å². The van der Waals surface area contributed by atoms with Gasteiger partial charge in [0.15, 0.2) is 0 Å². The summed E-state index contributed by atoms with van der Waals surface area (Å²) in [6, 6.07) is 0. The molecule has 1 aromatic rings. The van der Waals surface area contributed by atoms with E-state index in [-0.39, 0.29) is 24.5 Å². The third-order valence-corrected chi connectivity index (χ3v) is 3.65. The first-order valence-corrected chi connectivity index (χ1v) is 6.57. The number of methoxy groups -OCH3 is 1. The van der Waals surface area contributed by atoms with Crippen LogP contribution in [0.4, 0.5) is 0 Å². The number of carbonyl (C=O) groups excluding carboxylic acids is 1. The third kappa shape index (κ3) is 4.36. The molecule has 0 radical (unpaired) electrons. The summed E-state index contributed by atoms with van der Waals surface area (Å²) in [4.78, 5) is 16.6. The molecule has 0 aliphatic heterocycles. The fourth-order valence-electron chi connectivity index (χ4n) is 1.27. The quantitative estimate of drug-likeness (QED) is 0.844. The SMILES string of the molecule is COCC(O)CNC(=O)c1cnc(C(C)(C)C)s1. The first kappa shape index (κ1) is 15.1. The molecule has 1 aromatic heterocycles. The Morgan fingerprint density at radius 1 is 1.61 bits per heavy atom. The largest absolute Gasteiger partial charge is 0.389 e. The third-order valence-electron chi connectivity index (χ3n) is 2.23. The van der Waals surface area contributed by atoms with Crippen molar-refractivity contribution in [2.75, 3.05) is 20.3 Å². The molecular weight excluding hydrogens is 252 g/mol. The van der Waals surface area contributed by atoms with Gasteiger partial charge in [-0.25, -0.2) is 4.98 Å². The number of nitrogens with zero attached hydrogens (tertiary/aromatic N) is 1. The van der Waals surface area contributed by atoms with Crippen LogP contribution in [-0.2, 0) is 10.2 Å². The van der Waals surface area contributed by atoms with Gasteiger partial charge in [0, 0.05) is 19.1 Å². The van der Waals surface area contributed by atoms with Crippen molar-refractivity contribution in [3.8, 4) is 0 Å². The lowest BCUT2D eigenvalue weighted by Crippen LogP contribution is -2.33. The van der Waals surface area contributed by atoms with E-state index in [1.165, 1.54) is 18.4 Å². The van der Waals surface area contributed by atoms with Gasteiger partial charge in [0.1, 0.15) is 4.88 Å². The van der Waals surface area contributed by atoms with Crippen LogP contribution in [0.5, 0.6) is 0 Å². The van der Waals surface area contributed by atoms with Crippen molar-refractivity contribution in [2.24, 2.45) is 0 Å². The van der Waals surface area contributed by atoms with E-state index in [4.69, 9.17) is 4.74 Å². The molecule has 0 spiro atoms. The maximum atomic E-state index is 11.8. The molecule has 0 saturated carbocycles. The second-order valence-electron chi connectivity index (χ2n) is 5.10. The molecule has 1 heterocycles. The lowest BCUT2D eigenvalue weighted by atomic mass is 9.98. The average Bonchev–Trinajstić information content (AvgIpc) is 2.75. The number of rotatable bonds is 5. The molecule has 0 fully saturated rings. The van der Waals surface area contributed by atoms with Crippen molar-refractivity contribution in [3.63, 3.8) is 0 Å². The minimum atomic E-state index is -0.686. The molecule has 6 heteroatoms. The zero-order chi connectivity index (χ0) is 13.8. The van der Waals surface area contributed by atoms with Gasteiger partial charge in [-0.2, -0.15) is 0 Å². The Morgan fingerprint density at radius 2 is 2.28 bits per heavy atom. The van der Waals surface area contributed by atoms with E-state index in [9.17, 15) is 9.90 Å². The Bertz CT molecular complexity index is 398. The van der Waals surface area contributed by atoms with Crippen molar-refractivity contribution in [1.82, 2.24) is 10.3 Å². The summed E-state index contributed by atoms with van der Waals surface area (Å²) in [7, 11) is 1.50. The van der Waals surface area contributed by atoms with Crippen LogP contribution in [0.1, 0.15) is 35.5 Å². The second kappa shape index (κ2) is 6.26. The Kier molecular flexibility index (Phi) is 5.25. The monoisotopic (exact) mass is 272 g/mol. The Labute approximate surface area is 111 Å². The number of thiazole rings is 1. The van der Waals surface area contributed by atoms with Crippen molar-refractivity contribution in [2.45, 2.75) is 32.3 Å². The zero-order valence-corrected chi connectivity index (χ0v) is 12.0. The molecule has 1 atom stereocenters. The Balaban J connectivity index is 2.55. The van der Waals surface area contributed by atoms with Crippen LogP contribution in [0.3, 0.4) is 0 Å². The van der Waals surface area contributed by atoms with Crippen LogP contribution in [0.2, 0.25) is 0 Å². The maximum absolute atomic E-state index is 11.8. The zero-order valence-electron chi connectivity index (χ0n) is 11.2. The number of nitrogens with one attached hydrogen (secondary N) is 1. The summed E-state index contributed by atoms with van der Waals surface area (Å²) in [6.45, 7) is 6.53. The first-order valence-electron chi connectivity index (χ1n) is 5.76. The van der Waals surface area contributed by atoms with Crippen LogP contribution < -0.4 is 5.32 Å². The van der Waals surface area contributed by atoms with Gasteiger partial charge in [-0.05, 0) is 0 Å². The van der Waals surface area contributed by atoms with E-state index in [1.54, 1.807) is 6.20 Å². The molecule has 0 bridgehead atoms. The molecule has 1 unspecified atom stereocenters. The molecule has 2 N–H and O–H groups in total. The highest BCUT2D eigenvalue weighted by molar-refractivity contribution is 7.13. The van der Waals surface area contributed by atoms with Gasteiger partial charge in [0.2, 0.25) is 0 Å². The number of carbonyl (C=O) groups is 1. The number of hydrogen-bond acceptors (Lipinski definition) is 5. The van der Waals surface area contributed by atoms with Gasteiger partial charge in [0.05, 0.1) is 23.9 Å². The van der Waals surface area contributed by atoms with E-state index >= 15 is 0 Å². The lowest BCUT2D eigenvalue weighted by Gasteiger charge is -2.13. The Hall–Kier alpha value is -0.980. The van der Waals surface area contributed by atoms with Crippen LogP contribution >= 0.6 is 11.3 Å². The van der Waals surface area contributed by atoms with Gasteiger partial charge in [0.25, 0.3) is 5.91 Å². The highest BCUT2D eigenvalue weighted by Gasteiger charge is 2.20. The number of hydrogen-bond donors (Lipinski definition) is 2. The molecule has 0 aromatic carbocycles. The number of aliphatic hydroxyl groups is 1. The van der Waals surface area contributed by atoms with Gasteiger partial charge in [-0.15, -0.1) is 11.3 Å². The molecule has 0 saturated heterocycles. The molecule has 18 heavy (non-hydrogen) atoms. The highest BCUT2D eigenvalue weighted by atomic mass is 32.1. The highest BCUT2D eigenvalue weighted by Crippen LogP contribution is 2.26. The minimum absolute atomic E-state index is 0.0568. The summed E-state index contributed by atoms with van der Waals surface area (Å²) >= 11 is 1.38. The predicted molar refractivity (Wildman–Crippen MR) is 71.0 cm³/mol. The summed E-state index contributed by atoms with van der Waals surface area (Å²) in [6.07, 6.45) is 0.887. The molecule has 1 rings (SSSR count). The van der Waals surface area contributed by atoms with Gasteiger partial charge in [-0.1, -0.05) is 20.8 Å². The maximum Gasteiger partial charge on any atom is 0.263 e. The predicted octanol–water partition coefficient (Wildman–Crippen LogP) is 1.18. The summed E-state index contributed by atoms with van der Waals surface area (Å²) in [5.41, 5.74) is -0.0568. The van der Waals surface area contributed by atoms with Crippen LogP contribution in [0, 0.1) is 0 Å². The van der Waals surface area contributed by atoms with Crippen LogP contribution in [0.25, 0.3) is 0 Å². The Morgan fingerprint density at radius 3 is 2.78 bits per heavy atom. The average molecular weight is 272 g/mol. The molecule has 102 valence electrons. The minimum Gasteiger partial charge on any atom is -0.389 e. The first-order chi connectivity index (χ1) is 8.34. The molecule has 0 aliphatic carbocycles. The van der Waals surface area contributed by atoms with E-state index < -0.39 is 6.10 Å². The van der Waals surface area contributed by atoms with E-state index in [0.717, 1.165) is 5.01 Å².